The number of nitrogens with one attached hydrogen (secondary N) is 2. The lowest BCUT2D eigenvalue weighted by Gasteiger charge is -2.35. The molecule has 0 bridgehead atoms. The monoisotopic (exact) mass is 481 g/mol. The fraction of sp³-hybridized carbons (Fsp3) is 0.292. The third-order valence-electron chi connectivity index (χ3n) is 5.72. The number of amidine groups is 1. The van der Waals surface area contributed by atoms with Crippen molar-refractivity contribution in [1.82, 2.24) is 15.3 Å². The Morgan fingerprint density at radius 3 is 2.26 bits per heavy atom. The number of nitrogens with zero attached hydrogens (tertiary/aromatic N) is 2. The lowest BCUT2D eigenvalue weighted by atomic mass is 9.91. The van der Waals surface area contributed by atoms with E-state index in [1.165, 1.54) is 6.92 Å². The first kappa shape index (κ1) is 25.2. The van der Waals surface area contributed by atoms with E-state index < -0.39 is 41.8 Å². The molecule has 2 aromatic rings. The van der Waals surface area contributed by atoms with E-state index in [4.69, 9.17) is 15.9 Å². The number of carboxylic acid groups (broad SMARTS) is 1. The zero-order valence-corrected chi connectivity index (χ0v) is 19.6. The Labute approximate surface area is 201 Å². The second kappa shape index (κ2) is 9.84. The van der Waals surface area contributed by atoms with Gasteiger partial charge in [-0.05, 0) is 37.1 Å². The average molecular weight is 482 g/mol. The van der Waals surface area contributed by atoms with Crippen LogP contribution >= 0.6 is 0 Å². The minimum atomic E-state index is -1.54. The number of nitrogen functional groups attached to an aromatic ring is 1. The molecule has 4 amide bonds. The van der Waals surface area contributed by atoms with Crippen molar-refractivity contribution in [3.63, 3.8) is 0 Å². The highest BCUT2D eigenvalue weighted by Crippen LogP contribution is 2.35. The van der Waals surface area contributed by atoms with Gasteiger partial charge in [0.1, 0.15) is 17.1 Å². The van der Waals surface area contributed by atoms with Crippen molar-refractivity contribution >= 4 is 29.7 Å². The zero-order chi connectivity index (χ0) is 25.9. The van der Waals surface area contributed by atoms with Gasteiger partial charge in [-0.2, -0.15) is 5.01 Å². The van der Waals surface area contributed by atoms with Gasteiger partial charge in [-0.1, -0.05) is 36.4 Å². The molecule has 11 nitrogen and oxygen atoms in total. The van der Waals surface area contributed by atoms with Gasteiger partial charge in [-0.3, -0.25) is 19.8 Å². The van der Waals surface area contributed by atoms with E-state index in [0.29, 0.717) is 34.1 Å². The molecule has 1 aliphatic rings. The summed E-state index contributed by atoms with van der Waals surface area (Å²) in [6.07, 6.45) is -0.547. The number of carbonyl (C=O) groups is 4. The molecule has 1 saturated heterocycles. The van der Waals surface area contributed by atoms with Crippen LogP contribution in [0.4, 0.5) is 4.79 Å². The molecule has 0 spiro atoms. The van der Waals surface area contributed by atoms with Crippen molar-refractivity contribution in [3.8, 4) is 5.75 Å². The first-order valence-corrected chi connectivity index (χ1v) is 10.9. The Bertz CT molecular complexity index is 1160. The number of rotatable bonds is 9. The summed E-state index contributed by atoms with van der Waals surface area (Å²) in [6.45, 7) is 4.89. The quantitative estimate of drug-likeness (QED) is 0.242. The molecule has 3 rings (SSSR count). The van der Waals surface area contributed by atoms with Gasteiger partial charge < -0.3 is 20.9 Å². The normalized spacial score (nSPS) is 18.1. The van der Waals surface area contributed by atoms with Gasteiger partial charge in [0.05, 0.1) is 19.1 Å². The molecule has 5 N–H and O–H groups in total. The van der Waals surface area contributed by atoms with Crippen LogP contribution in [-0.4, -0.2) is 51.4 Å². The largest absolute Gasteiger partial charge is 0.494 e. The highest BCUT2D eigenvalue weighted by molar-refractivity contribution is 6.08. The number of aliphatic carboxylic acids is 1. The zero-order valence-electron chi connectivity index (χ0n) is 19.6. The molecule has 1 fully saturated rings. The number of ether oxygens (including phenoxy) is 1. The van der Waals surface area contributed by atoms with Crippen LogP contribution in [0.15, 0.2) is 48.5 Å². The van der Waals surface area contributed by atoms with E-state index in [1.54, 1.807) is 48.5 Å². The van der Waals surface area contributed by atoms with Crippen molar-refractivity contribution in [2.24, 2.45) is 5.73 Å². The van der Waals surface area contributed by atoms with Gasteiger partial charge in [0.25, 0.3) is 5.91 Å². The summed E-state index contributed by atoms with van der Waals surface area (Å²) in [5.74, 6) is -2.26. The molecule has 2 atom stereocenters. The summed E-state index contributed by atoms with van der Waals surface area (Å²) in [7, 11) is 0. The minimum absolute atomic E-state index is 0.153. The first-order chi connectivity index (χ1) is 16.5. The predicted molar refractivity (Wildman–Crippen MR) is 125 cm³/mol. The SMILES string of the molecule is CCOc1ccc([C@@H](CC(=O)O)N(C(C)=O)N2C(=O)N[C@](C)(c3ccc(C(=N)N)cc3)C2=O)cc1. The van der Waals surface area contributed by atoms with E-state index in [0.717, 1.165) is 11.9 Å². The predicted octanol–water partition coefficient (Wildman–Crippen LogP) is 2.12. The summed E-state index contributed by atoms with van der Waals surface area (Å²) < 4.78 is 5.42. The van der Waals surface area contributed by atoms with Crippen LogP contribution in [0, 0.1) is 5.41 Å². The molecular formula is C24H27N5O6. The molecule has 0 aromatic heterocycles. The first-order valence-electron chi connectivity index (χ1n) is 10.9. The third kappa shape index (κ3) is 4.93. The number of hydrogen-bond acceptors (Lipinski definition) is 6. The van der Waals surface area contributed by atoms with E-state index in [-0.39, 0.29) is 5.84 Å². The van der Waals surface area contributed by atoms with Crippen LogP contribution in [0.3, 0.4) is 0 Å². The number of hydrogen-bond donors (Lipinski definition) is 4. The van der Waals surface area contributed by atoms with Gasteiger partial charge in [0.15, 0.2) is 0 Å². The van der Waals surface area contributed by atoms with Crippen molar-refractivity contribution in [1.29, 1.82) is 5.41 Å². The molecular weight excluding hydrogens is 454 g/mol. The number of carboxylic acids is 1. The van der Waals surface area contributed by atoms with Crippen LogP contribution < -0.4 is 15.8 Å². The Hall–Kier alpha value is -4.41. The van der Waals surface area contributed by atoms with Gasteiger partial charge >= 0.3 is 12.0 Å². The number of hydrazine groups is 1. The van der Waals surface area contributed by atoms with E-state index in [9.17, 15) is 24.3 Å². The Morgan fingerprint density at radius 2 is 1.77 bits per heavy atom. The topological polar surface area (TPSA) is 166 Å². The summed E-state index contributed by atoms with van der Waals surface area (Å²) in [6, 6.07) is 10.6. The maximum atomic E-state index is 13.6. The molecule has 0 radical (unpaired) electrons. The molecule has 2 aromatic carbocycles. The highest BCUT2D eigenvalue weighted by Gasteiger charge is 2.53. The van der Waals surface area contributed by atoms with Gasteiger partial charge in [0.2, 0.25) is 5.91 Å². The second-order valence-electron chi connectivity index (χ2n) is 8.14. The maximum Gasteiger partial charge on any atom is 0.344 e. The molecule has 35 heavy (non-hydrogen) atoms. The van der Waals surface area contributed by atoms with Crippen LogP contribution in [0.25, 0.3) is 0 Å². The molecule has 0 aliphatic carbocycles. The van der Waals surface area contributed by atoms with Crippen LogP contribution in [0.1, 0.15) is 49.9 Å². The second-order valence-corrected chi connectivity index (χ2v) is 8.14. The third-order valence-corrected chi connectivity index (χ3v) is 5.72. The summed E-state index contributed by atoms with van der Waals surface area (Å²) in [4.78, 5) is 51.1. The molecule has 184 valence electrons. The van der Waals surface area contributed by atoms with Gasteiger partial charge in [0, 0.05) is 12.5 Å². The van der Waals surface area contributed by atoms with Gasteiger partial charge in [-0.15, -0.1) is 0 Å². The molecule has 1 heterocycles. The number of nitrogens with two attached hydrogens (primary N) is 1. The standard InChI is InChI=1S/C24H27N5O6/c1-4-35-18-11-7-15(8-12-18)19(13-20(31)32)28(14(2)30)29-22(33)24(3,27-23(29)34)17-9-5-16(6-10-17)21(25)26/h5-12,19H,4,13H2,1-3H3,(H3,25,26)(H,27,34)(H,31,32)/t19-,24-/m1/s1. The number of urea groups is 1. The lowest BCUT2D eigenvalue weighted by Crippen LogP contribution is -2.52. The van der Waals surface area contributed by atoms with E-state index >= 15 is 0 Å². The molecule has 11 heteroatoms. The highest BCUT2D eigenvalue weighted by atomic mass is 16.5. The van der Waals surface area contributed by atoms with Gasteiger partial charge in [-0.25, -0.2) is 9.80 Å². The van der Waals surface area contributed by atoms with Crippen LogP contribution in [0.5, 0.6) is 5.75 Å². The van der Waals surface area contributed by atoms with E-state index in [2.05, 4.69) is 5.32 Å². The molecule has 0 saturated carbocycles. The Kier molecular flexibility index (Phi) is 7.09. The average Bonchev–Trinajstić information content (AvgIpc) is 3.03. The summed E-state index contributed by atoms with van der Waals surface area (Å²) in [5, 5.41) is 21.2. The molecule has 1 aliphatic heterocycles. The van der Waals surface area contributed by atoms with Crippen molar-refractivity contribution in [2.45, 2.75) is 38.8 Å². The summed E-state index contributed by atoms with van der Waals surface area (Å²) >= 11 is 0. The number of benzene rings is 2. The number of imide groups is 1. The Morgan fingerprint density at radius 1 is 1.17 bits per heavy atom. The van der Waals surface area contributed by atoms with E-state index in [1.807, 2.05) is 6.92 Å². The Balaban J connectivity index is 2.02. The molecule has 0 unspecified atom stereocenters. The van der Waals surface area contributed by atoms with Crippen molar-refractivity contribution < 1.29 is 29.0 Å². The van der Waals surface area contributed by atoms with Crippen molar-refractivity contribution in [3.05, 3.63) is 65.2 Å². The van der Waals surface area contributed by atoms with Crippen LogP contribution in [-0.2, 0) is 19.9 Å². The number of amides is 4. The fourth-order valence-corrected chi connectivity index (χ4v) is 3.96. The smallest absolute Gasteiger partial charge is 0.344 e. The van der Waals surface area contributed by atoms with Crippen molar-refractivity contribution in [2.75, 3.05) is 6.61 Å². The fourth-order valence-electron chi connectivity index (χ4n) is 3.96. The van der Waals surface area contributed by atoms with Crippen LogP contribution in [0.2, 0.25) is 0 Å². The lowest BCUT2D eigenvalue weighted by molar-refractivity contribution is -0.162. The number of carbonyl (C=O) groups excluding carboxylic acids is 3. The minimum Gasteiger partial charge on any atom is -0.494 e. The maximum absolute atomic E-state index is 13.6. The summed E-state index contributed by atoms with van der Waals surface area (Å²) in [5.41, 5.74) is 5.20.